The summed E-state index contributed by atoms with van der Waals surface area (Å²) in [6.07, 6.45) is 0. The van der Waals surface area contributed by atoms with E-state index in [0.29, 0.717) is 37.1 Å². The first-order valence-corrected chi connectivity index (χ1v) is 6.82. The Morgan fingerprint density at radius 3 is 2.65 bits per heavy atom. The number of carbonyl (C=O) groups excluding carboxylic acids is 1. The SMILES string of the molecule is COc1cc(C)ccc1OCCNC(=O)NCC(C)C. The summed E-state index contributed by atoms with van der Waals surface area (Å²) in [6, 6.07) is 5.57. The molecule has 0 fully saturated rings. The zero-order valence-electron chi connectivity index (χ0n) is 12.7. The molecule has 2 amide bonds. The minimum atomic E-state index is -0.168. The summed E-state index contributed by atoms with van der Waals surface area (Å²) < 4.78 is 10.8. The van der Waals surface area contributed by atoms with Crippen LogP contribution in [0.1, 0.15) is 19.4 Å². The van der Waals surface area contributed by atoms with Gasteiger partial charge in [0.1, 0.15) is 6.61 Å². The molecule has 0 aliphatic rings. The monoisotopic (exact) mass is 280 g/mol. The van der Waals surface area contributed by atoms with Gasteiger partial charge >= 0.3 is 6.03 Å². The van der Waals surface area contributed by atoms with E-state index in [4.69, 9.17) is 9.47 Å². The Kier molecular flexibility index (Phi) is 6.70. The second-order valence-corrected chi connectivity index (χ2v) is 5.03. The van der Waals surface area contributed by atoms with Gasteiger partial charge in [0, 0.05) is 6.54 Å². The molecule has 20 heavy (non-hydrogen) atoms. The average molecular weight is 280 g/mol. The number of urea groups is 1. The van der Waals surface area contributed by atoms with E-state index in [1.807, 2.05) is 39.0 Å². The second kappa shape index (κ2) is 8.30. The van der Waals surface area contributed by atoms with Crippen molar-refractivity contribution < 1.29 is 14.3 Å². The number of carbonyl (C=O) groups is 1. The van der Waals surface area contributed by atoms with Gasteiger partial charge in [0.2, 0.25) is 0 Å². The lowest BCUT2D eigenvalue weighted by Gasteiger charge is -2.12. The zero-order valence-corrected chi connectivity index (χ0v) is 12.7. The van der Waals surface area contributed by atoms with E-state index in [9.17, 15) is 4.79 Å². The van der Waals surface area contributed by atoms with Gasteiger partial charge in [-0.2, -0.15) is 0 Å². The highest BCUT2D eigenvalue weighted by atomic mass is 16.5. The lowest BCUT2D eigenvalue weighted by atomic mass is 10.2. The summed E-state index contributed by atoms with van der Waals surface area (Å²) in [5, 5.41) is 5.52. The first kappa shape index (κ1) is 16.1. The molecule has 0 unspecified atom stereocenters. The van der Waals surface area contributed by atoms with Crippen LogP contribution >= 0.6 is 0 Å². The molecule has 0 spiro atoms. The van der Waals surface area contributed by atoms with Crippen molar-refractivity contribution in [2.75, 3.05) is 26.8 Å². The molecule has 0 heterocycles. The van der Waals surface area contributed by atoms with Gasteiger partial charge in [-0.1, -0.05) is 19.9 Å². The zero-order chi connectivity index (χ0) is 15.0. The van der Waals surface area contributed by atoms with Crippen molar-refractivity contribution in [1.82, 2.24) is 10.6 Å². The number of aryl methyl sites for hydroxylation is 1. The van der Waals surface area contributed by atoms with Gasteiger partial charge in [0.25, 0.3) is 0 Å². The van der Waals surface area contributed by atoms with Crippen LogP contribution in [-0.4, -0.2) is 32.8 Å². The molecule has 1 rings (SSSR count). The van der Waals surface area contributed by atoms with Crippen molar-refractivity contribution in [3.63, 3.8) is 0 Å². The molecule has 0 aromatic heterocycles. The van der Waals surface area contributed by atoms with E-state index in [2.05, 4.69) is 10.6 Å². The van der Waals surface area contributed by atoms with E-state index in [1.165, 1.54) is 0 Å². The summed E-state index contributed by atoms with van der Waals surface area (Å²) in [6.45, 7) is 7.60. The molecule has 0 aliphatic heterocycles. The molecule has 5 heteroatoms. The highest BCUT2D eigenvalue weighted by Crippen LogP contribution is 2.27. The fraction of sp³-hybridized carbons (Fsp3) is 0.533. The summed E-state index contributed by atoms with van der Waals surface area (Å²) in [4.78, 5) is 11.4. The molecular formula is C15H24N2O3. The van der Waals surface area contributed by atoms with Crippen molar-refractivity contribution in [3.05, 3.63) is 23.8 Å². The fourth-order valence-electron chi connectivity index (χ4n) is 1.58. The molecule has 1 aromatic rings. The topological polar surface area (TPSA) is 59.6 Å². The third kappa shape index (κ3) is 5.82. The Hall–Kier alpha value is -1.91. The average Bonchev–Trinajstić information content (AvgIpc) is 2.42. The van der Waals surface area contributed by atoms with Crippen LogP contribution in [0.2, 0.25) is 0 Å². The normalized spacial score (nSPS) is 10.2. The van der Waals surface area contributed by atoms with Gasteiger partial charge in [-0.25, -0.2) is 4.79 Å². The maximum atomic E-state index is 11.4. The third-order valence-corrected chi connectivity index (χ3v) is 2.64. The first-order chi connectivity index (χ1) is 9.52. The fourth-order valence-corrected chi connectivity index (χ4v) is 1.58. The van der Waals surface area contributed by atoms with Crippen LogP contribution in [0.3, 0.4) is 0 Å². The maximum Gasteiger partial charge on any atom is 0.314 e. The first-order valence-electron chi connectivity index (χ1n) is 6.82. The van der Waals surface area contributed by atoms with Crippen LogP contribution in [0.5, 0.6) is 11.5 Å². The summed E-state index contributed by atoms with van der Waals surface area (Å²) in [5.74, 6) is 1.82. The van der Waals surface area contributed by atoms with E-state index < -0.39 is 0 Å². The number of rotatable bonds is 7. The molecule has 1 aromatic carbocycles. The molecule has 0 saturated carbocycles. The number of hydrogen-bond donors (Lipinski definition) is 2. The standard InChI is InChI=1S/C15H24N2O3/c1-11(2)10-17-15(18)16-7-8-20-13-6-5-12(3)9-14(13)19-4/h5-6,9,11H,7-8,10H2,1-4H3,(H2,16,17,18). The lowest BCUT2D eigenvalue weighted by Crippen LogP contribution is -2.39. The van der Waals surface area contributed by atoms with Gasteiger partial charge in [0.05, 0.1) is 13.7 Å². The quantitative estimate of drug-likeness (QED) is 0.754. The van der Waals surface area contributed by atoms with Crippen LogP contribution < -0.4 is 20.1 Å². The van der Waals surface area contributed by atoms with Gasteiger partial charge < -0.3 is 20.1 Å². The predicted octanol–water partition coefficient (Wildman–Crippen LogP) is 2.34. The van der Waals surface area contributed by atoms with E-state index in [0.717, 1.165) is 5.56 Å². The highest BCUT2D eigenvalue weighted by Gasteiger charge is 2.05. The molecule has 2 N–H and O–H groups in total. The molecule has 0 bridgehead atoms. The smallest absolute Gasteiger partial charge is 0.314 e. The van der Waals surface area contributed by atoms with Crippen LogP contribution in [0, 0.1) is 12.8 Å². The Bertz CT molecular complexity index is 433. The van der Waals surface area contributed by atoms with Crippen LogP contribution in [0.15, 0.2) is 18.2 Å². The summed E-state index contributed by atoms with van der Waals surface area (Å²) in [5.41, 5.74) is 1.11. The van der Waals surface area contributed by atoms with Crippen molar-refractivity contribution in [2.24, 2.45) is 5.92 Å². The Morgan fingerprint density at radius 2 is 2.00 bits per heavy atom. The molecule has 0 aliphatic carbocycles. The molecule has 5 nitrogen and oxygen atoms in total. The van der Waals surface area contributed by atoms with E-state index >= 15 is 0 Å². The molecule has 0 atom stereocenters. The van der Waals surface area contributed by atoms with Gasteiger partial charge in [-0.05, 0) is 30.5 Å². The highest BCUT2D eigenvalue weighted by molar-refractivity contribution is 5.73. The second-order valence-electron chi connectivity index (χ2n) is 5.03. The largest absolute Gasteiger partial charge is 0.493 e. The molecular weight excluding hydrogens is 256 g/mol. The maximum absolute atomic E-state index is 11.4. The number of ether oxygens (including phenoxy) is 2. The van der Waals surface area contributed by atoms with Crippen LogP contribution in [-0.2, 0) is 0 Å². The van der Waals surface area contributed by atoms with Gasteiger partial charge in [0.15, 0.2) is 11.5 Å². The van der Waals surface area contributed by atoms with Crippen molar-refractivity contribution in [3.8, 4) is 11.5 Å². The number of hydrogen-bond acceptors (Lipinski definition) is 3. The third-order valence-electron chi connectivity index (χ3n) is 2.64. The Balaban J connectivity index is 2.29. The van der Waals surface area contributed by atoms with Crippen molar-refractivity contribution in [1.29, 1.82) is 0 Å². The van der Waals surface area contributed by atoms with Gasteiger partial charge in [-0.3, -0.25) is 0 Å². The van der Waals surface area contributed by atoms with Crippen LogP contribution in [0.25, 0.3) is 0 Å². The van der Waals surface area contributed by atoms with Crippen molar-refractivity contribution >= 4 is 6.03 Å². The van der Waals surface area contributed by atoms with E-state index in [-0.39, 0.29) is 6.03 Å². The minimum absolute atomic E-state index is 0.168. The predicted molar refractivity (Wildman–Crippen MR) is 79.5 cm³/mol. The number of benzene rings is 1. The Morgan fingerprint density at radius 1 is 1.25 bits per heavy atom. The summed E-state index contributed by atoms with van der Waals surface area (Å²) in [7, 11) is 1.61. The van der Waals surface area contributed by atoms with Gasteiger partial charge in [-0.15, -0.1) is 0 Å². The van der Waals surface area contributed by atoms with E-state index in [1.54, 1.807) is 7.11 Å². The van der Waals surface area contributed by atoms with Crippen molar-refractivity contribution in [2.45, 2.75) is 20.8 Å². The number of nitrogens with one attached hydrogen (secondary N) is 2. The molecule has 112 valence electrons. The molecule has 0 saturated heterocycles. The lowest BCUT2D eigenvalue weighted by molar-refractivity contribution is 0.234. The number of methoxy groups -OCH3 is 1. The number of amides is 2. The Labute approximate surface area is 120 Å². The molecule has 0 radical (unpaired) electrons. The minimum Gasteiger partial charge on any atom is -0.493 e. The summed E-state index contributed by atoms with van der Waals surface area (Å²) >= 11 is 0. The van der Waals surface area contributed by atoms with Crippen LogP contribution in [0.4, 0.5) is 4.79 Å².